The Bertz CT molecular complexity index is 1510. The Kier molecular flexibility index (Phi) is 7.66. The van der Waals surface area contributed by atoms with Gasteiger partial charge in [-0.25, -0.2) is 23.5 Å². The summed E-state index contributed by atoms with van der Waals surface area (Å²) >= 11 is 0. The quantitative estimate of drug-likeness (QED) is 0.323. The largest absolute Gasteiger partial charge is 0.352 e. The molecule has 3 fully saturated rings. The van der Waals surface area contributed by atoms with Gasteiger partial charge >= 0.3 is 11.4 Å². The van der Waals surface area contributed by atoms with Crippen LogP contribution >= 0.6 is 0 Å². The topological polar surface area (TPSA) is 48.9 Å². The highest BCUT2D eigenvalue weighted by molar-refractivity contribution is 5.32. The molecule has 1 aromatic heterocycles. The average molecular weight is 586 g/mol. The first kappa shape index (κ1) is 30.5. The summed E-state index contributed by atoms with van der Waals surface area (Å²) in [5.41, 5.74) is -0.109. The lowest BCUT2D eigenvalue weighted by atomic mass is 9.43. The van der Waals surface area contributed by atoms with Crippen molar-refractivity contribution in [3.05, 3.63) is 75.6 Å². The highest BCUT2D eigenvalue weighted by atomic mass is 16.2. The Morgan fingerprint density at radius 1 is 0.860 bits per heavy atom. The van der Waals surface area contributed by atoms with E-state index in [1.165, 1.54) is 36.7 Å². The molecule has 0 aliphatic heterocycles. The molecule has 3 unspecified atom stereocenters. The second-order valence-electron chi connectivity index (χ2n) is 16.0. The number of para-hydroxylation sites is 1. The van der Waals surface area contributed by atoms with Crippen LogP contribution in [0.15, 0.2) is 64.2 Å². The molecule has 2 aromatic rings. The zero-order chi connectivity index (χ0) is 30.9. The number of hydrogen-bond donors (Lipinski definition) is 0. The third kappa shape index (κ3) is 4.45. The van der Waals surface area contributed by atoms with Gasteiger partial charge in [-0.3, -0.25) is 0 Å². The number of benzene rings is 1. The van der Waals surface area contributed by atoms with Gasteiger partial charge in [0.05, 0.1) is 11.2 Å². The molecule has 234 valence electrons. The number of rotatable bonds is 6. The molecule has 43 heavy (non-hydrogen) atoms. The molecule has 0 saturated heterocycles. The minimum Gasteiger partial charge on any atom is -0.246 e. The normalized spacial score (nSPS) is 38.6. The van der Waals surface area contributed by atoms with E-state index in [9.17, 15) is 9.59 Å². The van der Waals surface area contributed by atoms with E-state index in [-0.39, 0.29) is 22.2 Å². The number of nitrogens with zero attached hydrogens (tertiary/aromatic N) is 3. The van der Waals surface area contributed by atoms with Crippen LogP contribution in [0.1, 0.15) is 93.4 Å². The molecular weight excluding hydrogens is 530 g/mol. The zero-order valence-electron chi connectivity index (χ0n) is 27.9. The lowest BCUT2D eigenvalue weighted by Gasteiger charge is -2.64. The van der Waals surface area contributed by atoms with Gasteiger partial charge < -0.3 is 0 Å². The first-order valence-electron chi connectivity index (χ1n) is 17.2. The Balaban J connectivity index is 1.53. The van der Waals surface area contributed by atoms with Crippen LogP contribution in [0.3, 0.4) is 0 Å². The lowest BCUT2D eigenvalue weighted by molar-refractivity contribution is -0.123. The van der Waals surface area contributed by atoms with Gasteiger partial charge in [-0.1, -0.05) is 97.4 Å². The van der Waals surface area contributed by atoms with E-state index in [0.29, 0.717) is 47.1 Å². The molecule has 0 spiro atoms. The number of aromatic nitrogens is 3. The fourth-order valence-corrected chi connectivity index (χ4v) is 10.7. The van der Waals surface area contributed by atoms with Crippen molar-refractivity contribution < 1.29 is 0 Å². The van der Waals surface area contributed by atoms with Crippen LogP contribution in [-0.4, -0.2) is 13.9 Å². The zero-order valence-corrected chi connectivity index (χ0v) is 27.9. The molecule has 6 rings (SSSR count). The van der Waals surface area contributed by atoms with E-state index in [4.69, 9.17) is 0 Å². The van der Waals surface area contributed by atoms with E-state index in [1.54, 1.807) is 4.68 Å². The molecule has 3 saturated carbocycles. The van der Waals surface area contributed by atoms with Crippen molar-refractivity contribution in [2.24, 2.45) is 65.2 Å². The van der Waals surface area contributed by atoms with Gasteiger partial charge in [-0.2, -0.15) is 0 Å². The summed E-state index contributed by atoms with van der Waals surface area (Å²) < 4.78 is 5.04. The van der Waals surface area contributed by atoms with Gasteiger partial charge in [0.1, 0.15) is 0 Å². The van der Waals surface area contributed by atoms with E-state index in [1.807, 2.05) is 42.1 Å². The van der Waals surface area contributed by atoms with Crippen LogP contribution in [0, 0.1) is 58.2 Å². The maximum atomic E-state index is 14.7. The first-order valence-corrected chi connectivity index (χ1v) is 17.2. The van der Waals surface area contributed by atoms with E-state index in [0.717, 1.165) is 18.8 Å². The van der Waals surface area contributed by atoms with Gasteiger partial charge in [0.25, 0.3) is 0 Å². The van der Waals surface area contributed by atoms with Crippen LogP contribution in [0.5, 0.6) is 0 Å². The first-order chi connectivity index (χ1) is 20.4. The molecule has 10 atom stereocenters. The van der Waals surface area contributed by atoms with Crippen molar-refractivity contribution in [1.29, 1.82) is 0 Å². The van der Waals surface area contributed by atoms with Gasteiger partial charge in [0.2, 0.25) is 0 Å². The fraction of sp³-hybridized carbons (Fsp3) is 0.684. The van der Waals surface area contributed by atoms with Crippen molar-refractivity contribution in [3.8, 4) is 5.69 Å². The average Bonchev–Trinajstić information content (AvgIpc) is 3.45. The van der Waals surface area contributed by atoms with Crippen molar-refractivity contribution in [3.63, 3.8) is 0 Å². The summed E-state index contributed by atoms with van der Waals surface area (Å²) in [6.07, 6.45) is 18.1. The third-order valence-electron chi connectivity index (χ3n) is 13.5. The summed E-state index contributed by atoms with van der Waals surface area (Å²) in [6.45, 7) is 16.8. The maximum absolute atomic E-state index is 14.7. The highest BCUT2D eigenvalue weighted by Crippen LogP contribution is 2.70. The van der Waals surface area contributed by atoms with Gasteiger partial charge in [-0.05, 0) is 109 Å². The smallest absolute Gasteiger partial charge is 0.246 e. The summed E-state index contributed by atoms with van der Waals surface area (Å²) in [5.74, 6) is 4.10. The summed E-state index contributed by atoms with van der Waals surface area (Å²) in [6, 6.07) is 9.50. The Labute approximate surface area is 259 Å². The van der Waals surface area contributed by atoms with Gasteiger partial charge in [0.15, 0.2) is 0 Å². The predicted molar refractivity (Wildman–Crippen MR) is 176 cm³/mol. The number of fused-ring (bicyclic) bond motifs is 5. The fourth-order valence-electron chi connectivity index (χ4n) is 10.7. The monoisotopic (exact) mass is 585 g/mol. The molecular formula is C38H55N3O2. The Morgan fingerprint density at radius 2 is 1.53 bits per heavy atom. The van der Waals surface area contributed by atoms with Crippen LogP contribution in [0.4, 0.5) is 0 Å². The number of allylic oxidation sites excluding steroid dienone is 4. The van der Waals surface area contributed by atoms with Crippen LogP contribution in [-0.2, 0) is 12.6 Å². The van der Waals surface area contributed by atoms with Crippen LogP contribution in [0.25, 0.3) is 5.69 Å². The molecule has 5 heteroatoms. The lowest BCUT2D eigenvalue weighted by Crippen LogP contribution is -2.65. The van der Waals surface area contributed by atoms with Crippen molar-refractivity contribution >= 4 is 0 Å². The Morgan fingerprint density at radius 3 is 2.23 bits per heavy atom. The molecule has 5 nitrogen and oxygen atoms in total. The SMILES string of the molecule is CC(C)[C@@H](C)/C=C/[C@@H](C)[C@H]1CCC2[C@@]3(n4c(=O)n(-c5ccccc5)c(=O)n4C)C=CC4C[C@@H](C)CC[C@]4(C)C3CC[C@@]21C. The maximum Gasteiger partial charge on any atom is 0.352 e. The molecule has 4 aliphatic rings. The molecule has 1 aromatic carbocycles. The van der Waals surface area contributed by atoms with Crippen molar-refractivity contribution in [1.82, 2.24) is 13.9 Å². The van der Waals surface area contributed by atoms with Crippen LogP contribution in [0.2, 0.25) is 0 Å². The van der Waals surface area contributed by atoms with Crippen molar-refractivity contribution in [2.45, 2.75) is 99.0 Å². The summed E-state index contributed by atoms with van der Waals surface area (Å²) in [5, 5.41) is 0. The molecule has 1 heterocycles. The van der Waals surface area contributed by atoms with E-state index in [2.05, 4.69) is 72.8 Å². The second kappa shape index (κ2) is 10.8. The minimum absolute atomic E-state index is 0.0845. The standard InChI is InChI=1S/C38H55N3O2/c1-25(2)27(4)14-15-28(5)31-16-17-32-37(31,7)22-20-33-36(6)21-18-26(3)24-29(36)19-23-38(32,33)41-35(43)40(34(42)39(41)8)30-12-10-9-11-13-30/h9-15,19,23,25-29,31-33H,16-18,20-22,24H2,1-8H3/b15-14+/t26-,27-,28+,29?,31+,32?,33?,36-,37+,38-/m0/s1. The Hall–Kier alpha value is -2.56. The van der Waals surface area contributed by atoms with E-state index >= 15 is 0 Å². The molecule has 0 N–H and O–H groups in total. The van der Waals surface area contributed by atoms with Crippen molar-refractivity contribution in [2.75, 3.05) is 0 Å². The summed E-state index contributed by atoms with van der Waals surface area (Å²) in [4.78, 5) is 28.6. The summed E-state index contributed by atoms with van der Waals surface area (Å²) in [7, 11) is 1.83. The second-order valence-corrected chi connectivity index (χ2v) is 16.0. The third-order valence-corrected chi connectivity index (χ3v) is 13.5. The van der Waals surface area contributed by atoms with Crippen LogP contribution < -0.4 is 11.4 Å². The van der Waals surface area contributed by atoms with Gasteiger partial charge in [-0.15, -0.1) is 0 Å². The predicted octanol–water partition coefficient (Wildman–Crippen LogP) is 7.97. The molecule has 4 aliphatic carbocycles. The molecule has 0 radical (unpaired) electrons. The molecule has 0 amide bonds. The molecule has 0 bridgehead atoms. The van der Waals surface area contributed by atoms with Gasteiger partial charge in [0, 0.05) is 7.05 Å². The van der Waals surface area contributed by atoms with E-state index < -0.39 is 5.54 Å². The minimum atomic E-state index is -0.521. The highest BCUT2D eigenvalue weighted by Gasteiger charge is 2.67. The number of hydrogen-bond acceptors (Lipinski definition) is 2.